The number of aliphatic hydroxyl groups is 1. The van der Waals surface area contributed by atoms with Crippen LogP contribution in [0.2, 0.25) is 0 Å². The van der Waals surface area contributed by atoms with Crippen LogP contribution in [0, 0.1) is 13.8 Å². The molecule has 96 valence electrons. The van der Waals surface area contributed by atoms with E-state index >= 15 is 0 Å². The van der Waals surface area contributed by atoms with E-state index in [1.54, 1.807) is 19.1 Å². The van der Waals surface area contributed by atoms with E-state index in [1.807, 2.05) is 19.9 Å². The highest BCUT2D eigenvalue weighted by Crippen LogP contribution is 2.14. The van der Waals surface area contributed by atoms with Crippen LogP contribution >= 0.6 is 0 Å². The van der Waals surface area contributed by atoms with E-state index < -0.39 is 16.1 Å². The Hall–Kier alpha value is -0.910. The Morgan fingerprint density at radius 2 is 1.76 bits per heavy atom. The average Bonchev–Trinajstić information content (AvgIpc) is 2.14. The Kier molecular flexibility index (Phi) is 4.68. The molecule has 0 saturated heterocycles. The normalized spacial score (nSPS) is 13.6. The van der Waals surface area contributed by atoms with Crippen molar-refractivity contribution >= 4 is 10.0 Å². The number of hydrogen-bond acceptors (Lipinski definition) is 3. The Morgan fingerprint density at radius 1 is 1.24 bits per heavy atom. The predicted molar refractivity (Wildman–Crippen MR) is 67.4 cm³/mol. The van der Waals surface area contributed by atoms with Gasteiger partial charge >= 0.3 is 0 Å². The van der Waals surface area contributed by atoms with Crippen LogP contribution in [0.25, 0.3) is 0 Å². The van der Waals surface area contributed by atoms with Crippen molar-refractivity contribution in [1.82, 2.24) is 4.72 Å². The second kappa shape index (κ2) is 5.62. The van der Waals surface area contributed by atoms with Crippen molar-refractivity contribution in [3.05, 3.63) is 29.3 Å². The molecule has 0 heterocycles. The smallest absolute Gasteiger partial charge is 0.240 e. The van der Waals surface area contributed by atoms with Gasteiger partial charge in [0.25, 0.3) is 0 Å². The summed E-state index contributed by atoms with van der Waals surface area (Å²) in [6, 6.07) is 5.20. The molecule has 0 aliphatic heterocycles. The number of sulfonamides is 1. The summed E-state index contributed by atoms with van der Waals surface area (Å²) in [6.07, 6.45) is -0.0961. The summed E-state index contributed by atoms with van der Waals surface area (Å²) < 4.78 is 26.3. The van der Waals surface area contributed by atoms with Gasteiger partial charge in [0.2, 0.25) is 10.0 Å². The molecule has 0 spiro atoms. The third-order valence-electron chi connectivity index (χ3n) is 2.36. The number of aryl methyl sites for hydroxylation is 2. The number of aliphatic hydroxyl groups excluding tert-OH is 1. The standard InChI is InChI=1S/C12H19NO3S/c1-9-6-10(2)8-12(7-9)17(15,16)13-5-4-11(3)14/h6-8,11,13-14H,4-5H2,1-3H3. The quantitative estimate of drug-likeness (QED) is 0.837. The lowest BCUT2D eigenvalue weighted by molar-refractivity contribution is 0.186. The van der Waals surface area contributed by atoms with Crippen molar-refractivity contribution < 1.29 is 13.5 Å². The van der Waals surface area contributed by atoms with Gasteiger partial charge in [0.15, 0.2) is 0 Å². The second-order valence-corrected chi connectivity index (χ2v) is 6.13. The van der Waals surface area contributed by atoms with Crippen molar-refractivity contribution in [3.63, 3.8) is 0 Å². The molecule has 0 radical (unpaired) electrons. The average molecular weight is 257 g/mol. The van der Waals surface area contributed by atoms with E-state index in [0.717, 1.165) is 11.1 Å². The lowest BCUT2D eigenvalue weighted by atomic mass is 10.2. The van der Waals surface area contributed by atoms with Crippen LogP contribution in [0.4, 0.5) is 0 Å². The molecular weight excluding hydrogens is 238 g/mol. The molecule has 17 heavy (non-hydrogen) atoms. The third kappa shape index (κ3) is 4.46. The first-order valence-corrected chi connectivity index (χ1v) is 7.05. The molecule has 0 saturated carbocycles. The van der Waals surface area contributed by atoms with E-state index in [2.05, 4.69) is 4.72 Å². The summed E-state index contributed by atoms with van der Waals surface area (Å²) in [5, 5.41) is 9.07. The highest BCUT2D eigenvalue weighted by molar-refractivity contribution is 7.89. The molecule has 0 fully saturated rings. The van der Waals surface area contributed by atoms with Crippen molar-refractivity contribution in [2.45, 2.75) is 38.2 Å². The molecule has 0 amide bonds. The van der Waals surface area contributed by atoms with E-state index in [0.29, 0.717) is 6.42 Å². The Bertz CT molecular complexity index is 460. The van der Waals surface area contributed by atoms with Crippen LogP contribution in [0.3, 0.4) is 0 Å². The zero-order valence-corrected chi connectivity index (χ0v) is 11.2. The van der Waals surface area contributed by atoms with Crippen molar-refractivity contribution in [3.8, 4) is 0 Å². The van der Waals surface area contributed by atoms with Crippen LogP contribution < -0.4 is 4.72 Å². The summed E-state index contributed by atoms with van der Waals surface area (Å²) in [5.74, 6) is 0. The fourth-order valence-electron chi connectivity index (χ4n) is 1.57. The maximum atomic E-state index is 11.9. The monoisotopic (exact) mass is 257 g/mol. The van der Waals surface area contributed by atoms with Gasteiger partial charge in [-0.3, -0.25) is 0 Å². The van der Waals surface area contributed by atoms with Gasteiger partial charge in [-0.15, -0.1) is 0 Å². The van der Waals surface area contributed by atoms with Gasteiger partial charge in [0.05, 0.1) is 11.0 Å². The molecule has 1 atom stereocenters. The van der Waals surface area contributed by atoms with Gasteiger partial charge in [-0.25, -0.2) is 13.1 Å². The van der Waals surface area contributed by atoms with Crippen molar-refractivity contribution in [2.24, 2.45) is 0 Å². The number of benzene rings is 1. The van der Waals surface area contributed by atoms with Gasteiger partial charge in [-0.1, -0.05) is 6.07 Å². The molecule has 5 heteroatoms. The van der Waals surface area contributed by atoms with Crippen LogP contribution in [0.5, 0.6) is 0 Å². The van der Waals surface area contributed by atoms with E-state index in [1.165, 1.54) is 0 Å². The molecule has 1 rings (SSSR count). The Morgan fingerprint density at radius 3 is 2.24 bits per heavy atom. The van der Waals surface area contributed by atoms with Gasteiger partial charge < -0.3 is 5.11 Å². The van der Waals surface area contributed by atoms with Crippen molar-refractivity contribution in [1.29, 1.82) is 0 Å². The van der Waals surface area contributed by atoms with Gasteiger partial charge in [-0.2, -0.15) is 0 Å². The highest BCUT2D eigenvalue weighted by atomic mass is 32.2. The topological polar surface area (TPSA) is 66.4 Å². The summed E-state index contributed by atoms with van der Waals surface area (Å²) in [5.41, 5.74) is 1.84. The van der Waals surface area contributed by atoms with Crippen molar-refractivity contribution in [2.75, 3.05) is 6.54 Å². The number of nitrogens with one attached hydrogen (secondary N) is 1. The first-order valence-electron chi connectivity index (χ1n) is 5.57. The molecule has 1 unspecified atom stereocenters. The largest absolute Gasteiger partial charge is 0.393 e. The Labute approximate surface area is 103 Å². The second-order valence-electron chi connectivity index (χ2n) is 4.36. The summed E-state index contributed by atoms with van der Waals surface area (Å²) in [7, 11) is -3.46. The first-order chi connectivity index (χ1) is 7.81. The Balaban J connectivity index is 2.82. The minimum absolute atomic E-state index is 0.243. The summed E-state index contributed by atoms with van der Waals surface area (Å²) >= 11 is 0. The minimum Gasteiger partial charge on any atom is -0.393 e. The fraction of sp³-hybridized carbons (Fsp3) is 0.500. The van der Waals surface area contributed by atoms with Gasteiger partial charge in [-0.05, 0) is 50.5 Å². The minimum atomic E-state index is -3.46. The lowest BCUT2D eigenvalue weighted by Gasteiger charge is -2.09. The lowest BCUT2D eigenvalue weighted by Crippen LogP contribution is -2.26. The van der Waals surface area contributed by atoms with E-state index in [9.17, 15) is 8.42 Å². The molecule has 1 aromatic carbocycles. The van der Waals surface area contributed by atoms with E-state index in [4.69, 9.17) is 5.11 Å². The molecule has 0 aromatic heterocycles. The molecule has 1 aromatic rings. The zero-order chi connectivity index (χ0) is 13.1. The maximum absolute atomic E-state index is 11.9. The first kappa shape index (κ1) is 14.2. The third-order valence-corrected chi connectivity index (χ3v) is 3.80. The maximum Gasteiger partial charge on any atom is 0.240 e. The predicted octanol–water partition coefficient (Wildman–Crippen LogP) is 1.35. The van der Waals surface area contributed by atoms with Crippen LogP contribution in [-0.2, 0) is 10.0 Å². The molecule has 0 bridgehead atoms. The van der Waals surface area contributed by atoms with Crippen LogP contribution in [-0.4, -0.2) is 26.2 Å². The molecule has 2 N–H and O–H groups in total. The summed E-state index contributed by atoms with van der Waals surface area (Å²) in [6.45, 7) is 5.60. The SMILES string of the molecule is Cc1cc(C)cc(S(=O)(=O)NCCC(C)O)c1. The molecule has 0 aliphatic carbocycles. The van der Waals surface area contributed by atoms with E-state index in [-0.39, 0.29) is 11.4 Å². The summed E-state index contributed by atoms with van der Waals surface area (Å²) in [4.78, 5) is 0.278. The van der Waals surface area contributed by atoms with Gasteiger partial charge in [0, 0.05) is 6.54 Å². The van der Waals surface area contributed by atoms with Crippen LogP contribution in [0.15, 0.2) is 23.1 Å². The zero-order valence-electron chi connectivity index (χ0n) is 10.4. The molecular formula is C12H19NO3S. The van der Waals surface area contributed by atoms with Crippen LogP contribution in [0.1, 0.15) is 24.5 Å². The number of rotatable bonds is 5. The number of hydrogen-bond donors (Lipinski definition) is 2. The highest BCUT2D eigenvalue weighted by Gasteiger charge is 2.14. The molecule has 0 aliphatic rings. The fourth-order valence-corrected chi connectivity index (χ4v) is 2.81. The van der Waals surface area contributed by atoms with Gasteiger partial charge in [0.1, 0.15) is 0 Å². The molecule has 4 nitrogen and oxygen atoms in total.